The third kappa shape index (κ3) is 3.91. The van der Waals surface area contributed by atoms with Crippen molar-refractivity contribution in [2.75, 3.05) is 38.6 Å². The second-order valence-electron chi connectivity index (χ2n) is 5.51. The molecule has 4 heteroatoms. The maximum atomic E-state index is 4.54. The average Bonchev–Trinajstić information content (AvgIpc) is 2.45. The zero-order valence-corrected chi connectivity index (χ0v) is 12.4. The highest BCUT2D eigenvalue weighted by Gasteiger charge is 2.22. The Morgan fingerprint density at radius 2 is 2.32 bits per heavy atom. The number of likely N-dealkylation sites (N-methyl/N-ethyl adjacent to an activating group) is 1. The SMILES string of the molecule is CCNCc1ccnc(N2CCCC(N(C)C)C2)c1. The van der Waals surface area contributed by atoms with E-state index in [4.69, 9.17) is 0 Å². The Morgan fingerprint density at radius 3 is 3.05 bits per heavy atom. The predicted octanol–water partition coefficient (Wildman–Crippen LogP) is 1.72. The average molecular weight is 262 g/mol. The number of anilines is 1. The monoisotopic (exact) mass is 262 g/mol. The molecular weight excluding hydrogens is 236 g/mol. The van der Waals surface area contributed by atoms with E-state index in [0.717, 1.165) is 32.0 Å². The molecule has 1 aliphatic rings. The highest BCUT2D eigenvalue weighted by atomic mass is 15.2. The summed E-state index contributed by atoms with van der Waals surface area (Å²) in [5.74, 6) is 1.13. The van der Waals surface area contributed by atoms with Crippen LogP contribution < -0.4 is 10.2 Å². The van der Waals surface area contributed by atoms with Crippen molar-refractivity contribution in [2.45, 2.75) is 32.4 Å². The van der Waals surface area contributed by atoms with Gasteiger partial charge >= 0.3 is 0 Å². The lowest BCUT2D eigenvalue weighted by Crippen LogP contribution is -2.45. The molecule has 1 aliphatic heterocycles. The predicted molar refractivity (Wildman–Crippen MR) is 80.5 cm³/mol. The van der Waals surface area contributed by atoms with Gasteiger partial charge in [-0.1, -0.05) is 6.92 Å². The molecule has 2 heterocycles. The molecule has 0 bridgehead atoms. The Kier molecular flexibility index (Phi) is 5.16. The van der Waals surface area contributed by atoms with Crippen LogP contribution in [0.25, 0.3) is 0 Å². The van der Waals surface area contributed by atoms with Crippen LogP contribution in [0.4, 0.5) is 5.82 Å². The second kappa shape index (κ2) is 6.87. The lowest BCUT2D eigenvalue weighted by atomic mass is 10.0. The number of hydrogen-bond acceptors (Lipinski definition) is 4. The summed E-state index contributed by atoms with van der Waals surface area (Å²) < 4.78 is 0. The smallest absolute Gasteiger partial charge is 0.128 e. The molecule has 106 valence electrons. The fourth-order valence-electron chi connectivity index (χ4n) is 2.60. The van der Waals surface area contributed by atoms with Crippen LogP contribution in [-0.2, 0) is 6.54 Å². The number of nitrogens with one attached hydrogen (secondary N) is 1. The summed E-state index contributed by atoms with van der Waals surface area (Å²) in [4.78, 5) is 9.29. The number of nitrogens with zero attached hydrogens (tertiary/aromatic N) is 3. The van der Waals surface area contributed by atoms with Crippen LogP contribution in [-0.4, -0.2) is 49.7 Å². The molecule has 0 radical (unpaired) electrons. The van der Waals surface area contributed by atoms with Gasteiger partial charge in [0.1, 0.15) is 5.82 Å². The molecule has 1 N–H and O–H groups in total. The van der Waals surface area contributed by atoms with Gasteiger partial charge in [0.15, 0.2) is 0 Å². The van der Waals surface area contributed by atoms with E-state index in [2.05, 4.69) is 53.3 Å². The van der Waals surface area contributed by atoms with Crippen molar-refractivity contribution in [3.05, 3.63) is 23.9 Å². The Bertz CT molecular complexity index is 391. The Balaban J connectivity index is 2.04. The molecule has 0 amide bonds. The van der Waals surface area contributed by atoms with Crippen molar-refractivity contribution in [1.29, 1.82) is 0 Å². The highest BCUT2D eigenvalue weighted by Crippen LogP contribution is 2.20. The van der Waals surface area contributed by atoms with Gasteiger partial charge in [-0.15, -0.1) is 0 Å². The third-order valence-electron chi connectivity index (χ3n) is 3.84. The van der Waals surface area contributed by atoms with E-state index in [0.29, 0.717) is 6.04 Å². The first-order valence-corrected chi connectivity index (χ1v) is 7.27. The van der Waals surface area contributed by atoms with Crippen LogP contribution in [0.1, 0.15) is 25.3 Å². The van der Waals surface area contributed by atoms with Gasteiger partial charge in [0.25, 0.3) is 0 Å². The normalized spacial score (nSPS) is 20.0. The molecule has 0 aromatic carbocycles. The summed E-state index contributed by atoms with van der Waals surface area (Å²) in [5.41, 5.74) is 1.32. The number of pyridine rings is 1. The van der Waals surface area contributed by atoms with Gasteiger partial charge in [-0.25, -0.2) is 4.98 Å². The molecule has 1 aromatic heterocycles. The molecule has 1 atom stereocenters. The van der Waals surface area contributed by atoms with Gasteiger partial charge in [-0.2, -0.15) is 0 Å². The van der Waals surface area contributed by atoms with Crippen molar-refractivity contribution in [1.82, 2.24) is 15.2 Å². The molecule has 0 saturated carbocycles. The highest BCUT2D eigenvalue weighted by molar-refractivity contribution is 5.41. The van der Waals surface area contributed by atoms with Crippen LogP contribution in [0.3, 0.4) is 0 Å². The van der Waals surface area contributed by atoms with Gasteiger partial charge in [-0.3, -0.25) is 0 Å². The number of rotatable bonds is 5. The van der Waals surface area contributed by atoms with Crippen molar-refractivity contribution in [2.24, 2.45) is 0 Å². The summed E-state index contributed by atoms with van der Waals surface area (Å²) in [6.07, 6.45) is 4.48. The van der Waals surface area contributed by atoms with Crippen molar-refractivity contribution in [3.63, 3.8) is 0 Å². The minimum absolute atomic E-state index is 0.646. The molecule has 4 nitrogen and oxygen atoms in total. The third-order valence-corrected chi connectivity index (χ3v) is 3.84. The van der Waals surface area contributed by atoms with E-state index >= 15 is 0 Å². The van der Waals surface area contributed by atoms with Crippen LogP contribution in [0.15, 0.2) is 18.3 Å². The first-order chi connectivity index (χ1) is 9.20. The minimum atomic E-state index is 0.646. The first kappa shape index (κ1) is 14.3. The molecule has 2 rings (SSSR count). The summed E-state index contributed by atoms with van der Waals surface area (Å²) >= 11 is 0. The molecule has 19 heavy (non-hydrogen) atoms. The lowest BCUT2D eigenvalue weighted by molar-refractivity contribution is 0.257. The van der Waals surface area contributed by atoms with Gasteiger partial charge in [0.2, 0.25) is 0 Å². The molecular formula is C15H26N4. The van der Waals surface area contributed by atoms with Crippen LogP contribution in [0, 0.1) is 0 Å². The van der Waals surface area contributed by atoms with E-state index in [9.17, 15) is 0 Å². The standard InChI is InChI=1S/C15H26N4/c1-4-16-11-13-7-8-17-15(10-13)19-9-5-6-14(12-19)18(2)3/h7-8,10,14,16H,4-6,9,11-12H2,1-3H3. The fraction of sp³-hybridized carbons (Fsp3) is 0.667. The Hall–Kier alpha value is -1.13. The minimum Gasteiger partial charge on any atom is -0.355 e. The van der Waals surface area contributed by atoms with Crippen LogP contribution in [0.2, 0.25) is 0 Å². The van der Waals surface area contributed by atoms with Crippen LogP contribution >= 0.6 is 0 Å². The molecule has 0 spiro atoms. The van der Waals surface area contributed by atoms with Crippen molar-refractivity contribution in [3.8, 4) is 0 Å². The maximum Gasteiger partial charge on any atom is 0.128 e. The molecule has 1 unspecified atom stereocenters. The summed E-state index contributed by atoms with van der Waals surface area (Å²) in [6.45, 7) is 6.28. The zero-order valence-electron chi connectivity index (χ0n) is 12.4. The van der Waals surface area contributed by atoms with Crippen molar-refractivity contribution >= 4 is 5.82 Å². The summed E-state index contributed by atoms with van der Waals surface area (Å²) in [6, 6.07) is 4.97. The summed E-state index contributed by atoms with van der Waals surface area (Å²) in [5, 5.41) is 3.37. The first-order valence-electron chi connectivity index (χ1n) is 7.27. The maximum absolute atomic E-state index is 4.54. The Morgan fingerprint density at radius 1 is 1.47 bits per heavy atom. The quantitative estimate of drug-likeness (QED) is 0.875. The topological polar surface area (TPSA) is 31.4 Å². The molecule has 1 saturated heterocycles. The number of aromatic nitrogens is 1. The van der Waals surface area contributed by atoms with E-state index in [1.165, 1.54) is 18.4 Å². The van der Waals surface area contributed by atoms with Crippen molar-refractivity contribution < 1.29 is 0 Å². The molecule has 1 fully saturated rings. The van der Waals surface area contributed by atoms with E-state index in [1.54, 1.807) is 0 Å². The molecule has 1 aromatic rings. The van der Waals surface area contributed by atoms with Gasteiger partial charge < -0.3 is 15.1 Å². The number of piperidine rings is 1. The second-order valence-corrected chi connectivity index (χ2v) is 5.51. The van der Waals surface area contributed by atoms with Gasteiger partial charge in [0.05, 0.1) is 0 Å². The fourth-order valence-corrected chi connectivity index (χ4v) is 2.60. The van der Waals surface area contributed by atoms with Gasteiger partial charge in [-0.05, 0) is 51.2 Å². The van der Waals surface area contributed by atoms with Crippen LogP contribution in [0.5, 0.6) is 0 Å². The Labute approximate surface area is 116 Å². The molecule has 0 aliphatic carbocycles. The van der Waals surface area contributed by atoms with E-state index in [1.807, 2.05) is 6.20 Å². The van der Waals surface area contributed by atoms with E-state index < -0.39 is 0 Å². The van der Waals surface area contributed by atoms with E-state index in [-0.39, 0.29) is 0 Å². The van der Waals surface area contributed by atoms with Gasteiger partial charge in [0, 0.05) is 31.9 Å². The number of hydrogen-bond donors (Lipinski definition) is 1. The largest absolute Gasteiger partial charge is 0.355 e. The zero-order chi connectivity index (χ0) is 13.7. The lowest BCUT2D eigenvalue weighted by Gasteiger charge is -2.36. The summed E-state index contributed by atoms with van der Waals surface area (Å²) in [7, 11) is 4.34.